The average molecular weight is 298 g/mol. The normalized spacial score (nSPS) is 17.3. The van der Waals surface area contributed by atoms with Gasteiger partial charge < -0.3 is 9.84 Å². The Kier molecular flexibility index (Phi) is 4.29. The van der Waals surface area contributed by atoms with Crippen LogP contribution in [-0.2, 0) is 13.0 Å². The Labute approximate surface area is 131 Å². The van der Waals surface area contributed by atoms with E-state index in [4.69, 9.17) is 4.74 Å². The van der Waals surface area contributed by atoms with Gasteiger partial charge in [0, 0.05) is 12.7 Å². The van der Waals surface area contributed by atoms with Crippen LogP contribution in [0.15, 0.2) is 36.5 Å². The molecule has 4 heteroatoms. The third-order valence-electron chi connectivity index (χ3n) is 4.37. The van der Waals surface area contributed by atoms with Crippen LogP contribution in [0.1, 0.15) is 35.7 Å². The van der Waals surface area contributed by atoms with E-state index in [2.05, 4.69) is 23.0 Å². The third kappa shape index (κ3) is 2.92. The number of aromatic nitrogens is 1. The van der Waals surface area contributed by atoms with Crippen LogP contribution in [0.25, 0.3) is 0 Å². The van der Waals surface area contributed by atoms with Gasteiger partial charge in [-0.1, -0.05) is 12.1 Å². The molecule has 22 heavy (non-hydrogen) atoms. The van der Waals surface area contributed by atoms with Crippen molar-refractivity contribution in [3.05, 3.63) is 53.3 Å². The fourth-order valence-corrected chi connectivity index (χ4v) is 3.23. The number of phenolic OH excluding ortho intramolecular Hbond substituents is 1. The lowest BCUT2D eigenvalue weighted by Crippen LogP contribution is -2.28. The Balaban J connectivity index is 1.79. The highest BCUT2D eigenvalue weighted by molar-refractivity contribution is 5.41. The minimum absolute atomic E-state index is 0.179. The Morgan fingerprint density at radius 1 is 1.36 bits per heavy atom. The zero-order valence-corrected chi connectivity index (χ0v) is 13.1. The van der Waals surface area contributed by atoms with Crippen LogP contribution in [0, 0.1) is 0 Å². The van der Waals surface area contributed by atoms with Crippen molar-refractivity contribution in [1.29, 1.82) is 0 Å². The summed E-state index contributed by atoms with van der Waals surface area (Å²) in [5.41, 5.74) is 3.70. The molecule has 3 rings (SSSR count). The van der Waals surface area contributed by atoms with Crippen molar-refractivity contribution in [1.82, 2.24) is 9.88 Å². The second-order valence-electron chi connectivity index (χ2n) is 5.88. The molecule has 1 N–H and O–H groups in total. The van der Waals surface area contributed by atoms with Gasteiger partial charge in [-0.15, -0.1) is 0 Å². The van der Waals surface area contributed by atoms with Gasteiger partial charge in [-0.3, -0.25) is 9.88 Å². The molecule has 116 valence electrons. The molecular formula is C18H22N2O2. The molecular weight excluding hydrogens is 276 g/mol. The number of fused-ring (bicyclic) bond motifs is 1. The number of benzene rings is 1. The Hall–Kier alpha value is -2.07. The molecule has 0 saturated carbocycles. The smallest absolute Gasteiger partial charge is 0.160 e. The summed E-state index contributed by atoms with van der Waals surface area (Å²) in [4.78, 5) is 6.94. The summed E-state index contributed by atoms with van der Waals surface area (Å²) >= 11 is 0. The molecule has 1 heterocycles. The van der Waals surface area contributed by atoms with Gasteiger partial charge in [0.05, 0.1) is 18.8 Å². The maximum Gasteiger partial charge on any atom is 0.160 e. The van der Waals surface area contributed by atoms with Gasteiger partial charge in [0.25, 0.3) is 0 Å². The summed E-state index contributed by atoms with van der Waals surface area (Å²) in [7, 11) is 3.71. The standard InChI is InChI=1S/C18H22N2O2/c1-20(12-13-8-9-16(21)17(11-13)22-2)15-7-3-5-14-6-4-10-19-18(14)15/h4,6,8-11,15,21H,3,5,7,12H2,1-2H3/t15-/m0/s1. The number of ether oxygens (including phenoxy) is 1. The molecule has 0 fully saturated rings. The van der Waals surface area contributed by atoms with E-state index in [-0.39, 0.29) is 5.75 Å². The first kappa shape index (κ1) is 14.9. The van der Waals surface area contributed by atoms with E-state index in [1.54, 1.807) is 13.2 Å². The summed E-state index contributed by atoms with van der Waals surface area (Å²) < 4.78 is 5.19. The number of rotatable bonds is 4. The van der Waals surface area contributed by atoms with E-state index in [1.807, 2.05) is 24.4 Å². The second-order valence-corrected chi connectivity index (χ2v) is 5.88. The molecule has 0 aliphatic heterocycles. The summed E-state index contributed by atoms with van der Waals surface area (Å²) in [6.45, 7) is 0.803. The number of aryl methyl sites for hydroxylation is 1. The molecule has 0 radical (unpaired) electrons. The topological polar surface area (TPSA) is 45.6 Å². The fourth-order valence-electron chi connectivity index (χ4n) is 3.23. The van der Waals surface area contributed by atoms with Gasteiger partial charge >= 0.3 is 0 Å². The summed E-state index contributed by atoms with van der Waals surface area (Å²) in [6, 6.07) is 10.1. The van der Waals surface area contributed by atoms with E-state index in [0.717, 1.165) is 24.9 Å². The van der Waals surface area contributed by atoms with Gasteiger partial charge in [-0.05, 0) is 55.6 Å². The van der Waals surface area contributed by atoms with E-state index in [0.29, 0.717) is 11.8 Å². The molecule has 1 aliphatic carbocycles. The Morgan fingerprint density at radius 2 is 2.23 bits per heavy atom. The first-order valence-corrected chi connectivity index (χ1v) is 7.69. The molecule has 1 aromatic heterocycles. The second kappa shape index (κ2) is 6.36. The molecule has 0 bridgehead atoms. The van der Waals surface area contributed by atoms with Gasteiger partial charge in [0.1, 0.15) is 0 Å². The third-order valence-corrected chi connectivity index (χ3v) is 4.37. The van der Waals surface area contributed by atoms with Crippen molar-refractivity contribution < 1.29 is 9.84 Å². The van der Waals surface area contributed by atoms with Crippen molar-refractivity contribution in [2.24, 2.45) is 0 Å². The summed E-state index contributed by atoms with van der Waals surface area (Å²) in [5.74, 6) is 0.701. The molecule has 0 spiro atoms. The van der Waals surface area contributed by atoms with Crippen molar-refractivity contribution in [3.63, 3.8) is 0 Å². The molecule has 0 amide bonds. The number of hydrogen-bond donors (Lipinski definition) is 1. The SMILES string of the molecule is COc1cc(CN(C)[C@H]2CCCc3cccnc32)ccc1O. The average Bonchev–Trinajstić information content (AvgIpc) is 2.56. The predicted octanol–water partition coefficient (Wildman–Crippen LogP) is 3.31. The number of methoxy groups -OCH3 is 1. The zero-order valence-electron chi connectivity index (χ0n) is 13.1. The molecule has 0 saturated heterocycles. The first-order chi connectivity index (χ1) is 10.7. The highest BCUT2D eigenvalue weighted by Crippen LogP contribution is 2.33. The van der Waals surface area contributed by atoms with Crippen LogP contribution in [0.5, 0.6) is 11.5 Å². The van der Waals surface area contributed by atoms with Gasteiger partial charge in [0.15, 0.2) is 11.5 Å². The lowest BCUT2D eigenvalue weighted by molar-refractivity contribution is 0.208. The highest BCUT2D eigenvalue weighted by atomic mass is 16.5. The van der Waals surface area contributed by atoms with Gasteiger partial charge in [0.2, 0.25) is 0 Å². The van der Waals surface area contributed by atoms with Gasteiger partial charge in [-0.25, -0.2) is 0 Å². The van der Waals surface area contributed by atoms with Crippen LogP contribution < -0.4 is 4.74 Å². The summed E-state index contributed by atoms with van der Waals surface area (Å²) in [6.07, 6.45) is 5.34. The van der Waals surface area contributed by atoms with Crippen molar-refractivity contribution in [2.75, 3.05) is 14.2 Å². The van der Waals surface area contributed by atoms with E-state index in [9.17, 15) is 5.11 Å². The van der Waals surface area contributed by atoms with Crippen molar-refractivity contribution in [3.8, 4) is 11.5 Å². The quantitative estimate of drug-likeness (QED) is 0.940. The molecule has 0 unspecified atom stereocenters. The maximum absolute atomic E-state index is 9.70. The van der Waals surface area contributed by atoms with E-state index in [1.165, 1.54) is 17.7 Å². The number of nitrogens with zero attached hydrogens (tertiary/aromatic N) is 2. The largest absolute Gasteiger partial charge is 0.504 e. The van der Waals surface area contributed by atoms with Crippen LogP contribution in [0.3, 0.4) is 0 Å². The highest BCUT2D eigenvalue weighted by Gasteiger charge is 2.24. The number of phenols is 1. The minimum atomic E-state index is 0.179. The molecule has 1 aromatic carbocycles. The van der Waals surface area contributed by atoms with Crippen LogP contribution >= 0.6 is 0 Å². The molecule has 4 nitrogen and oxygen atoms in total. The maximum atomic E-state index is 9.70. The predicted molar refractivity (Wildman–Crippen MR) is 86.0 cm³/mol. The zero-order chi connectivity index (χ0) is 15.5. The fraction of sp³-hybridized carbons (Fsp3) is 0.389. The number of aromatic hydroxyl groups is 1. The lowest BCUT2D eigenvalue weighted by atomic mass is 9.91. The van der Waals surface area contributed by atoms with Crippen molar-refractivity contribution in [2.45, 2.75) is 31.8 Å². The van der Waals surface area contributed by atoms with Crippen LogP contribution in [-0.4, -0.2) is 29.1 Å². The van der Waals surface area contributed by atoms with Crippen LogP contribution in [0.2, 0.25) is 0 Å². The van der Waals surface area contributed by atoms with Crippen molar-refractivity contribution >= 4 is 0 Å². The Bertz CT molecular complexity index is 657. The monoisotopic (exact) mass is 298 g/mol. The van der Waals surface area contributed by atoms with Crippen LogP contribution in [0.4, 0.5) is 0 Å². The first-order valence-electron chi connectivity index (χ1n) is 7.69. The Morgan fingerprint density at radius 3 is 3.05 bits per heavy atom. The van der Waals surface area contributed by atoms with Gasteiger partial charge in [-0.2, -0.15) is 0 Å². The molecule has 2 aromatic rings. The lowest BCUT2D eigenvalue weighted by Gasteiger charge is -2.32. The summed E-state index contributed by atoms with van der Waals surface area (Å²) in [5, 5.41) is 9.70. The number of pyridine rings is 1. The molecule has 1 aliphatic rings. The molecule has 1 atom stereocenters. The van der Waals surface area contributed by atoms with E-state index >= 15 is 0 Å². The number of hydrogen-bond acceptors (Lipinski definition) is 4. The minimum Gasteiger partial charge on any atom is -0.504 e. The van der Waals surface area contributed by atoms with E-state index < -0.39 is 0 Å².